The molecule has 2 aromatic carbocycles. The first-order chi connectivity index (χ1) is 14.8. The molecule has 2 amide bonds. The van der Waals surface area contributed by atoms with Crippen LogP contribution in [0.1, 0.15) is 52.7 Å². The van der Waals surface area contributed by atoms with Gasteiger partial charge >= 0.3 is 12.2 Å². The Kier molecular flexibility index (Phi) is 7.86. The topological polar surface area (TPSA) is 115 Å². The fraction of sp³-hybridized carbons (Fsp3) is 0.375. The zero-order valence-electron chi connectivity index (χ0n) is 19.5. The first-order valence-electron chi connectivity index (χ1n) is 10.3. The van der Waals surface area contributed by atoms with E-state index < -0.39 is 23.4 Å². The Morgan fingerprint density at radius 1 is 0.781 bits per heavy atom. The summed E-state index contributed by atoms with van der Waals surface area (Å²) < 4.78 is 10.5. The van der Waals surface area contributed by atoms with E-state index in [-0.39, 0.29) is 5.96 Å². The van der Waals surface area contributed by atoms with Crippen LogP contribution in [0.15, 0.2) is 53.5 Å². The number of nitrogens with one attached hydrogen (secondary N) is 2. The fourth-order valence-corrected chi connectivity index (χ4v) is 2.58. The summed E-state index contributed by atoms with van der Waals surface area (Å²) in [6, 6.07) is 15.1. The maximum absolute atomic E-state index is 12.2. The number of nitrogens with two attached hydrogens (primary N) is 1. The maximum atomic E-state index is 12.2. The van der Waals surface area contributed by atoms with Crippen molar-refractivity contribution in [1.29, 1.82) is 0 Å². The number of carbonyl (C=O) groups is 2. The molecule has 2 aromatic rings. The molecule has 0 aliphatic rings. The van der Waals surface area contributed by atoms with Crippen molar-refractivity contribution < 1.29 is 19.1 Å². The van der Waals surface area contributed by atoms with E-state index in [9.17, 15) is 9.59 Å². The minimum absolute atomic E-state index is 0.0974. The molecule has 172 valence electrons. The van der Waals surface area contributed by atoms with Crippen LogP contribution in [0.4, 0.5) is 21.0 Å². The Hall–Kier alpha value is -3.55. The molecule has 0 heterocycles. The minimum Gasteiger partial charge on any atom is -0.444 e. The lowest BCUT2D eigenvalue weighted by Crippen LogP contribution is -2.47. The highest BCUT2D eigenvalue weighted by Gasteiger charge is 2.21. The molecule has 32 heavy (non-hydrogen) atoms. The molecule has 4 N–H and O–H groups in total. The molecule has 0 saturated carbocycles. The lowest BCUT2D eigenvalue weighted by atomic mass is 10.0. The molecular formula is C24H32N4O4. The molecule has 0 spiro atoms. The predicted molar refractivity (Wildman–Crippen MR) is 126 cm³/mol. The van der Waals surface area contributed by atoms with Gasteiger partial charge in [0.1, 0.15) is 11.2 Å². The standard InChI is InChI=1S/C24H32N4O4/c1-23(2,3)31-21(29)27-20(28-22(30)32-24(4,5)6)26-19-13-9-17(10-14-19)15-16-7-11-18(25)12-8-16/h7-14H,15,25H2,1-6H3,(H2,26,27,28,29,30). The number of carbonyl (C=O) groups excluding carboxylic acids is 2. The number of ether oxygens (including phenoxy) is 2. The second-order valence-electron chi connectivity index (χ2n) is 9.30. The molecule has 0 aliphatic heterocycles. The Morgan fingerprint density at radius 3 is 1.59 bits per heavy atom. The Bertz CT molecular complexity index is 921. The molecule has 0 bridgehead atoms. The predicted octanol–water partition coefficient (Wildman–Crippen LogP) is 4.90. The number of anilines is 1. The van der Waals surface area contributed by atoms with Crippen molar-refractivity contribution in [1.82, 2.24) is 10.6 Å². The van der Waals surface area contributed by atoms with Gasteiger partial charge in [-0.3, -0.25) is 10.6 Å². The minimum atomic E-state index is -0.743. The highest BCUT2D eigenvalue weighted by Crippen LogP contribution is 2.17. The van der Waals surface area contributed by atoms with Gasteiger partial charge in [0, 0.05) is 5.69 Å². The first-order valence-corrected chi connectivity index (χ1v) is 10.3. The molecule has 0 unspecified atom stereocenters. The normalized spacial score (nSPS) is 11.3. The number of nitrogen functional groups attached to an aromatic ring is 1. The number of guanidine groups is 1. The van der Waals surface area contributed by atoms with E-state index in [1.807, 2.05) is 36.4 Å². The van der Waals surface area contributed by atoms with Crippen molar-refractivity contribution in [3.63, 3.8) is 0 Å². The summed E-state index contributed by atoms with van der Waals surface area (Å²) in [5, 5.41) is 4.93. The molecule has 0 aliphatic carbocycles. The third-order valence-corrected chi connectivity index (χ3v) is 3.80. The largest absolute Gasteiger partial charge is 0.444 e. The van der Waals surface area contributed by atoms with E-state index in [1.54, 1.807) is 53.7 Å². The highest BCUT2D eigenvalue weighted by molar-refractivity contribution is 6.02. The van der Waals surface area contributed by atoms with E-state index in [0.29, 0.717) is 5.69 Å². The van der Waals surface area contributed by atoms with Crippen molar-refractivity contribution in [2.75, 3.05) is 5.73 Å². The summed E-state index contributed by atoms with van der Waals surface area (Å²) in [6.07, 6.45) is -0.747. The van der Waals surface area contributed by atoms with Crippen LogP contribution in [-0.4, -0.2) is 29.3 Å². The summed E-state index contributed by atoms with van der Waals surface area (Å²) in [4.78, 5) is 28.7. The molecule has 0 fully saturated rings. The van der Waals surface area contributed by atoms with Gasteiger partial charge in [0.25, 0.3) is 0 Å². The van der Waals surface area contributed by atoms with Gasteiger partial charge in [-0.2, -0.15) is 0 Å². The smallest absolute Gasteiger partial charge is 0.414 e. The van der Waals surface area contributed by atoms with Gasteiger partial charge in [-0.15, -0.1) is 0 Å². The summed E-state index contributed by atoms with van der Waals surface area (Å²) >= 11 is 0. The average molecular weight is 441 g/mol. The highest BCUT2D eigenvalue weighted by atomic mass is 16.6. The van der Waals surface area contributed by atoms with E-state index in [1.165, 1.54) is 0 Å². The third-order valence-electron chi connectivity index (χ3n) is 3.80. The molecule has 0 saturated heterocycles. The molecule has 0 atom stereocenters. The van der Waals surface area contributed by atoms with Gasteiger partial charge in [0.05, 0.1) is 5.69 Å². The van der Waals surface area contributed by atoms with Crippen molar-refractivity contribution in [3.8, 4) is 0 Å². The number of benzene rings is 2. The number of aliphatic imine (C=N–C) groups is 1. The second kappa shape index (κ2) is 10.2. The van der Waals surface area contributed by atoms with Crippen molar-refractivity contribution in [2.45, 2.75) is 59.2 Å². The Balaban J connectivity index is 2.16. The van der Waals surface area contributed by atoms with E-state index >= 15 is 0 Å². The molecule has 2 rings (SSSR count). The Labute approximate surface area is 189 Å². The maximum Gasteiger partial charge on any atom is 0.414 e. The fourth-order valence-electron chi connectivity index (χ4n) is 2.58. The molecule has 0 aromatic heterocycles. The molecule has 0 radical (unpaired) electrons. The second-order valence-corrected chi connectivity index (χ2v) is 9.30. The van der Waals surface area contributed by atoms with Crippen molar-refractivity contribution in [2.24, 2.45) is 4.99 Å². The van der Waals surface area contributed by atoms with Crippen LogP contribution >= 0.6 is 0 Å². The van der Waals surface area contributed by atoms with Crippen molar-refractivity contribution >= 4 is 29.5 Å². The summed E-state index contributed by atoms with van der Waals surface area (Å²) in [5.41, 5.74) is 7.79. The van der Waals surface area contributed by atoms with Crippen LogP contribution in [0.2, 0.25) is 0 Å². The number of amides is 2. The van der Waals surface area contributed by atoms with E-state index in [2.05, 4.69) is 15.6 Å². The number of hydrogen-bond donors (Lipinski definition) is 3. The Morgan fingerprint density at radius 2 is 1.19 bits per heavy atom. The van der Waals surface area contributed by atoms with Gasteiger partial charge < -0.3 is 15.2 Å². The third kappa shape index (κ3) is 9.51. The summed E-state index contributed by atoms with van der Waals surface area (Å²) in [6.45, 7) is 10.4. The summed E-state index contributed by atoms with van der Waals surface area (Å²) in [7, 11) is 0. The van der Waals surface area contributed by atoms with Crippen LogP contribution in [0, 0.1) is 0 Å². The van der Waals surface area contributed by atoms with Gasteiger partial charge in [0.2, 0.25) is 5.96 Å². The van der Waals surface area contributed by atoms with Crippen LogP contribution in [-0.2, 0) is 15.9 Å². The lowest BCUT2D eigenvalue weighted by Gasteiger charge is -2.22. The van der Waals surface area contributed by atoms with E-state index in [0.717, 1.165) is 23.2 Å². The van der Waals surface area contributed by atoms with Gasteiger partial charge in [0.15, 0.2) is 0 Å². The van der Waals surface area contributed by atoms with Gasteiger partial charge in [-0.25, -0.2) is 14.6 Å². The SMILES string of the molecule is CC(C)(C)OC(=O)NC(=Nc1ccc(Cc2ccc(N)cc2)cc1)NC(=O)OC(C)(C)C. The van der Waals surface area contributed by atoms with Crippen molar-refractivity contribution in [3.05, 3.63) is 59.7 Å². The quantitative estimate of drug-likeness (QED) is 0.357. The number of alkyl carbamates (subject to hydrolysis) is 2. The number of hydrogen-bond acceptors (Lipinski definition) is 6. The average Bonchev–Trinajstić information content (AvgIpc) is 2.62. The molecule has 8 nitrogen and oxygen atoms in total. The molecular weight excluding hydrogens is 408 g/mol. The first kappa shape index (κ1) is 24.7. The van der Waals surface area contributed by atoms with Crippen LogP contribution in [0.3, 0.4) is 0 Å². The zero-order valence-corrected chi connectivity index (χ0v) is 19.5. The van der Waals surface area contributed by atoms with Gasteiger partial charge in [-0.05, 0) is 83.4 Å². The zero-order chi connectivity index (χ0) is 23.9. The molecule has 8 heteroatoms. The number of rotatable bonds is 3. The van der Waals surface area contributed by atoms with Crippen LogP contribution in [0.25, 0.3) is 0 Å². The summed E-state index contributed by atoms with van der Waals surface area (Å²) in [5.74, 6) is -0.0974. The van der Waals surface area contributed by atoms with E-state index in [4.69, 9.17) is 15.2 Å². The van der Waals surface area contributed by atoms with Crippen LogP contribution < -0.4 is 16.4 Å². The van der Waals surface area contributed by atoms with Crippen LogP contribution in [0.5, 0.6) is 0 Å². The monoisotopic (exact) mass is 440 g/mol. The van der Waals surface area contributed by atoms with Gasteiger partial charge in [-0.1, -0.05) is 24.3 Å². The number of nitrogens with zero attached hydrogens (tertiary/aromatic N) is 1. The lowest BCUT2D eigenvalue weighted by molar-refractivity contribution is 0.0545.